The lowest BCUT2D eigenvalue weighted by atomic mass is 10.0. The number of ether oxygens (including phenoxy) is 3. The monoisotopic (exact) mass is 538 g/mol. The Morgan fingerprint density at radius 1 is 1.08 bits per heavy atom. The summed E-state index contributed by atoms with van der Waals surface area (Å²) in [5.41, 5.74) is 4.26. The van der Waals surface area contributed by atoms with Crippen molar-refractivity contribution in [3.05, 3.63) is 64.0 Å². The fourth-order valence-electron chi connectivity index (χ4n) is 4.33. The van der Waals surface area contributed by atoms with Crippen LogP contribution in [0, 0.1) is 0 Å². The molecule has 0 atom stereocenters. The second kappa shape index (κ2) is 12.1. The van der Waals surface area contributed by atoms with Crippen LogP contribution < -0.4 is 25.0 Å². The van der Waals surface area contributed by atoms with Crippen molar-refractivity contribution in [2.24, 2.45) is 0 Å². The summed E-state index contributed by atoms with van der Waals surface area (Å²) in [4.78, 5) is 30.8. The van der Waals surface area contributed by atoms with Gasteiger partial charge in [0.15, 0.2) is 0 Å². The normalized spacial score (nSPS) is 12.4. The van der Waals surface area contributed by atoms with Crippen molar-refractivity contribution in [2.45, 2.75) is 26.4 Å². The van der Waals surface area contributed by atoms with E-state index in [1.54, 1.807) is 44.2 Å². The molecule has 2 aromatic carbocycles. The summed E-state index contributed by atoms with van der Waals surface area (Å²) < 4.78 is 16.0. The van der Waals surface area contributed by atoms with Crippen LogP contribution in [0.5, 0.6) is 11.5 Å². The molecule has 10 heteroatoms. The zero-order valence-corrected chi connectivity index (χ0v) is 23.2. The average molecular weight is 539 g/mol. The summed E-state index contributed by atoms with van der Waals surface area (Å²) >= 11 is 1.50. The molecule has 1 aliphatic heterocycles. The van der Waals surface area contributed by atoms with Gasteiger partial charge in [-0.15, -0.1) is 11.3 Å². The molecule has 2 heterocycles. The van der Waals surface area contributed by atoms with Crippen molar-refractivity contribution in [3.63, 3.8) is 0 Å². The van der Waals surface area contributed by atoms with E-state index in [0.29, 0.717) is 55.4 Å². The number of nitrogens with zero attached hydrogens (tertiary/aromatic N) is 2. The molecule has 1 aliphatic rings. The number of hydrogen-bond acceptors (Lipinski definition) is 8. The van der Waals surface area contributed by atoms with Gasteiger partial charge in [0.2, 0.25) is 0 Å². The lowest BCUT2D eigenvalue weighted by Crippen LogP contribution is -2.36. The van der Waals surface area contributed by atoms with Gasteiger partial charge in [0.25, 0.3) is 5.91 Å². The van der Waals surface area contributed by atoms with Crippen LogP contribution in [0.1, 0.15) is 33.3 Å². The second-order valence-electron chi connectivity index (χ2n) is 9.01. The first kappa shape index (κ1) is 27.1. The molecule has 0 aliphatic carbocycles. The van der Waals surface area contributed by atoms with Crippen LogP contribution in [-0.2, 0) is 24.2 Å². The smallest absolute Gasteiger partial charge is 0.410 e. The zero-order valence-electron chi connectivity index (χ0n) is 22.4. The van der Waals surface area contributed by atoms with E-state index in [1.807, 2.05) is 14.1 Å². The number of anilines is 3. The van der Waals surface area contributed by atoms with Crippen LogP contribution in [0.25, 0.3) is 0 Å². The van der Waals surface area contributed by atoms with Gasteiger partial charge in [-0.2, -0.15) is 0 Å². The Kier molecular flexibility index (Phi) is 8.62. The molecule has 9 nitrogen and oxygen atoms in total. The van der Waals surface area contributed by atoms with Gasteiger partial charge in [-0.25, -0.2) is 4.79 Å². The van der Waals surface area contributed by atoms with Gasteiger partial charge in [0.05, 0.1) is 38.6 Å². The molecule has 2 amide bonds. The number of amides is 2. The molecule has 0 fully saturated rings. The Bertz CT molecular complexity index is 1290. The predicted molar refractivity (Wildman–Crippen MR) is 151 cm³/mol. The van der Waals surface area contributed by atoms with Gasteiger partial charge >= 0.3 is 6.09 Å². The minimum absolute atomic E-state index is 0.246. The number of methoxy groups -OCH3 is 2. The molecule has 1 aromatic heterocycles. The molecule has 202 valence electrons. The molecule has 0 radical (unpaired) electrons. The van der Waals surface area contributed by atoms with Crippen molar-refractivity contribution >= 4 is 39.7 Å². The first-order chi connectivity index (χ1) is 18.3. The highest BCUT2D eigenvalue weighted by molar-refractivity contribution is 7.16. The maximum absolute atomic E-state index is 13.7. The van der Waals surface area contributed by atoms with Crippen molar-refractivity contribution in [1.82, 2.24) is 4.90 Å². The van der Waals surface area contributed by atoms with Crippen LogP contribution in [0.15, 0.2) is 42.5 Å². The number of hydrogen-bond donors (Lipinski definition) is 2. The summed E-state index contributed by atoms with van der Waals surface area (Å²) in [5.74, 6) is 0.898. The third kappa shape index (κ3) is 5.96. The minimum atomic E-state index is -0.339. The van der Waals surface area contributed by atoms with Crippen LogP contribution in [0.4, 0.5) is 21.2 Å². The summed E-state index contributed by atoms with van der Waals surface area (Å²) in [5, 5.41) is 7.25. The highest BCUT2D eigenvalue weighted by Crippen LogP contribution is 2.39. The molecule has 38 heavy (non-hydrogen) atoms. The third-order valence-electron chi connectivity index (χ3n) is 6.37. The van der Waals surface area contributed by atoms with Gasteiger partial charge < -0.3 is 34.6 Å². The molecule has 0 saturated carbocycles. The summed E-state index contributed by atoms with van der Waals surface area (Å²) in [6, 6.07) is 13.5. The maximum Gasteiger partial charge on any atom is 0.410 e. The van der Waals surface area contributed by atoms with Gasteiger partial charge in [-0.3, -0.25) is 4.79 Å². The van der Waals surface area contributed by atoms with Gasteiger partial charge in [-0.1, -0.05) is 12.1 Å². The first-order valence-corrected chi connectivity index (χ1v) is 13.3. The van der Waals surface area contributed by atoms with E-state index in [4.69, 9.17) is 14.2 Å². The number of thiophene rings is 1. The highest BCUT2D eigenvalue weighted by atomic mass is 32.1. The Hall–Kier alpha value is -3.92. The predicted octanol–water partition coefficient (Wildman–Crippen LogP) is 5.21. The first-order valence-electron chi connectivity index (χ1n) is 12.4. The molecular formula is C28H34N4O5S. The van der Waals surface area contributed by atoms with E-state index in [2.05, 4.69) is 39.8 Å². The van der Waals surface area contributed by atoms with Crippen LogP contribution >= 0.6 is 11.3 Å². The van der Waals surface area contributed by atoms with E-state index in [-0.39, 0.29) is 12.0 Å². The summed E-state index contributed by atoms with van der Waals surface area (Å²) in [6.45, 7) is 3.55. The molecule has 0 unspecified atom stereocenters. The molecule has 4 rings (SSSR count). The molecule has 0 bridgehead atoms. The van der Waals surface area contributed by atoms with Crippen LogP contribution in [0.3, 0.4) is 0 Å². The molecule has 0 saturated heterocycles. The largest absolute Gasteiger partial charge is 0.497 e. The lowest BCUT2D eigenvalue weighted by molar-refractivity contribution is 0.102. The Balaban J connectivity index is 1.63. The van der Waals surface area contributed by atoms with E-state index in [9.17, 15) is 9.59 Å². The topological polar surface area (TPSA) is 92.4 Å². The number of rotatable bonds is 9. The number of fused-ring (bicyclic) bond motifs is 1. The zero-order chi connectivity index (χ0) is 27.2. The van der Waals surface area contributed by atoms with E-state index in [1.165, 1.54) is 11.3 Å². The minimum Gasteiger partial charge on any atom is -0.497 e. The van der Waals surface area contributed by atoms with Crippen molar-refractivity contribution in [1.29, 1.82) is 0 Å². The molecule has 2 N–H and O–H groups in total. The fraction of sp³-hybridized carbons (Fsp3) is 0.357. The molecule has 0 spiro atoms. The Morgan fingerprint density at radius 3 is 2.50 bits per heavy atom. The summed E-state index contributed by atoms with van der Waals surface area (Å²) in [6.07, 6.45) is 0.219. The van der Waals surface area contributed by atoms with Crippen LogP contribution in [0.2, 0.25) is 0 Å². The standard InChI is InChI=1S/C28H34N4O5S/c1-6-37-28(34)32-14-13-21-24(17-32)38-27(29-16-18-7-9-19(10-8-18)31(2)3)25(21)26(33)30-22-15-20(35-4)11-12-23(22)36-5/h7-12,15,29H,6,13-14,16-17H2,1-5H3,(H,30,33). The molecular weight excluding hydrogens is 504 g/mol. The quantitative estimate of drug-likeness (QED) is 0.386. The van der Waals surface area contributed by atoms with Crippen LogP contribution in [-0.4, -0.2) is 58.4 Å². The number of carbonyl (C=O) groups is 2. The van der Waals surface area contributed by atoms with Crippen molar-refractivity contribution < 1.29 is 23.8 Å². The van der Waals surface area contributed by atoms with Gasteiger partial charge in [0.1, 0.15) is 16.5 Å². The average Bonchev–Trinajstić information content (AvgIpc) is 3.30. The van der Waals surface area contributed by atoms with E-state index in [0.717, 1.165) is 26.7 Å². The Morgan fingerprint density at radius 2 is 1.84 bits per heavy atom. The second-order valence-corrected chi connectivity index (χ2v) is 10.1. The number of carbonyl (C=O) groups excluding carboxylic acids is 2. The maximum atomic E-state index is 13.7. The van der Waals surface area contributed by atoms with E-state index >= 15 is 0 Å². The van der Waals surface area contributed by atoms with Gasteiger partial charge in [0, 0.05) is 43.8 Å². The fourth-order valence-corrected chi connectivity index (χ4v) is 5.59. The Labute approximate surface area is 227 Å². The SMILES string of the molecule is CCOC(=O)N1CCc2c(sc(NCc3ccc(N(C)C)cc3)c2C(=O)Nc2cc(OC)ccc2OC)C1. The third-order valence-corrected chi connectivity index (χ3v) is 7.55. The van der Waals surface area contributed by atoms with E-state index < -0.39 is 0 Å². The highest BCUT2D eigenvalue weighted by Gasteiger charge is 2.30. The molecule has 3 aromatic rings. The van der Waals surface area contributed by atoms with Gasteiger partial charge in [-0.05, 0) is 48.7 Å². The van der Waals surface area contributed by atoms with Crippen molar-refractivity contribution in [3.8, 4) is 11.5 Å². The number of nitrogens with one attached hydrogen (secondary N) is 2. The van der Waals surface area contributed by atoms with Crippen molar-refractivity contribution in [2.75, 3.05) is 57.0 Å². The summed E-state index contributed by atoms with van der Waals surface area (Å²) in [7, 11) is 7.14. The lowest BCUT2D eigenvalue weighted by Gasteiger charge is -2.26. The number of benzene rings is 2.